The molecule has 0 saturated heterocycles. The molecule has 0 aliphatic rings. The second-order valence-corrected chi connectivity index (χ2v) is 5.16. The van der Waals surface area contributed by atoms with E-state index in [-0.39, 0.29) is 11.6 Å². The normalized spacial score (nSPS) is 12.0. The molecule has 0 radical (unpaired) electrons. The van der Waals surface area contributed by atoms with Crippen LogP contribution >= 0.6 is 0 Å². The van der Waals surface area contributed by atoms with E-state index < -0.39 is 17.5 Å². The molecule has 0 spiro atoms. The number of halogens is 2. The van der Waals surface area contributed by atoms with Crippen molar-refractivity contribution in [3.63, 3.8) is 0 Å². The highest BCUT2D eigenvalue weighted by atomic mass is 19.1. The largest absolute Gasteiger partial charge is 0.335 e. The maximum Gasteiger partial charge on any atom is 0.254 e. The number of hydrogen-bond acceptors (Lipinski definition) is 1. The minimum Gasteiger partial charge on any atom is -0.335 e. The minimum absolute atomic E-state index is 0.00830. The van der Waals surface area contributed by atoms with Crippen LogP contribution in [0.5, 0.6) is 0 Å². The first-order chi connectivity index (χ1) is 9.88. The fourth-order valence-corrected chi connectivity index (χ4v) is 2.13. The molecular formula is C17H17F2NO. The maximum absolute atomic E-state index is 13.2. The van der Waals surface area contributed by atoms with Gasteiger partial charge in [-0.25, -0.2) is 8.78 Å². The Kier molecular flexibility index (Phi) is 4.36. The zero-order valence-electron chi connectivity index (χ0n) is 12.2. The molecule has 2 aromatic carbocycles. The molecule has 1 atom stereocenters. The van der Waals surface area contributed by atoms with Crippen LogP contribution < -0.4 is 0 Å². The molecule has 21 heavy (non-hydrogen) atoms. The summed E-state index contributed by atoms with van der Waals surface area (Å²) in [7, 11) is 1.62. The molecule has 4 heteroatoms. The Hall–Kier alpha value is -2.23. The zero-order chi connectivity index (χ0) is 15.6. The van der Waals surface area contributed by atoms with E-state index in [9.17, 15) is 13.6 Å². The lowest BCUT2D eigenvalue weighted by Crippen LogP contribution is -2.29. The molecule has 0 heterocycles. The van der Waals surface area contributed by atoms with E-state index in [1.165, 1.54) is 4.90 Å². The van der Waals surface area contributed by atoms with E-state index in [1.807, 2.05) is 38.1 Å². The standard InChI is InChI=1S/C17H17F2NO/c1-11-4-6-13(7-5-11)12(2)20(3)17(21)14-8-15(18)10-16(19)9-14/h4-10,12H,1-3H3. The molecular weight excluding hydrogens is 272 g/mol. The highest BCUT2D eigenvalue weighted by Crippen LogP contribution is 2.21. The van der Waals surface area contributed by atoms with Crippen molar-refractivity contribution in [3.8, 4) is 0 Å². The van der Waals surface area contributed by atoms with Crippen molar-refractivity contribution in [2.75, 3.05) is 7.05 Å². The molecule has 1 unspecified atom stereocenters. The summed E-state index contributed by atoms with van der Waals surface area (Å²) in [6.45, 7) is 3.86. The molecule has 0 aromatic heterocycles. The van der Waals surface area contributed by atoms with Crippen molar-refractivity contribution in [1.82, 2.24) is 4.90 Å². The monoisotopic (exact) mass is 289 g/mol. The third kappa shape index (κ3) is 3.45. The number of benzene rings is 2. The maximum atomic E-state index is 13.2. The highest BCUT2D eigenvalue weighted by molar-refractivity contribution is 5.94. The van der Waals surface area contributed by atoms with E-state index in [0.29, 0.717) is 0 Å². The van der Waals surface area contributed by atoms with Gasteiger partial charge in [-0.3, -0.25) is 4.79 Å². The van der Waals surface area contributed by atoms with Gasteiger partial charge in [0, 0.05) is 18.7 Å². The summed E-state index contributed by atoms with van der Waals surface area (Å²) in [5.41, 5.74) is 2.11. The SMILES string of the molecule is Cc1ccc(C(C)N(C)C(=O)c2cc(F)cc(F)c2)cc1. The Bertz CT molecular complexity index is 632. The van der Waals surface area contributed by atoms with Crippen molar-refractivity contribution in [1.29, 1.82) is 0 Å². The van der Waals surface area contributed by atoms with E-state index in [4.69, 9.17) is 0 Å². The van der Waals surface area contributed by atoms with Crippen LogP contribution in [-0.4, -0.2) is 17.9 Å². The van der Waals surface area contributed by atoms with Crippen LogP contribution in [0.1, 0.15) is 34.5 Å². The first-order valence-corrected chi connectivity index (χ1v) is 6.68. The second-order valence-electron chi connectivity index (χ2n) is 5.16. The number of rotatable bonds is 3. The number of nitrogens with zero attached hydrogens (tertiary/aromatic N) is 1. The topological polar surface area (TPSA) is 20.3 Å². The van der Waals surface area contributed by atoms with Crippen LogP contribution in [0.4, 0.5) is 8.78 Å². The number of hydrogen-bond donors (Lipinski definition) is 0. The van der Waals surface area contributed by atoms with Crippen LogP contribution in [0.2, 0.25) is 0 Å². The summed E-state index contributed by atoms with van der Waals surface area (Å²) >= 11 is 0. The van der Waals surface area contributed by atoms with Gasteiger partial charge in [0.25, 0.3) is 5.91 Å². The van der Waals surface area contributed by atoms with E-state index in [1.54, 1.807) is 7.05 Å². The lowest BCUT2D eigenvalue weighted by Gasteiger charge is -2.25. The lowest BCUT2D eigenvalue weighted by atomic mass is 10.0. The fourth-order valence-electron chi connectivity index (χ4n) is 2.13. The zero-order valence-corrected chi connectivity index (χ0v) is 12.2. The van der Waals surface area contributed by atoms with Crippen molar-refractivity contribution in [2.45, 2.75) is 19.9 Å². The molecule has 2 nitrogen and oxygen atoms in total. The van der Waals surface area contributed by atoms with Crippen LogP contribution in [0.25, 0.3) is 0 Å². The van der Waals surface area contributed by atoms with Crippen LogP contribution in [0.15, 0.2) is 42.5 Å². The van der Waals surface area contributed by atoms with Gasteiger partial charge in [0.15, 0.2) is 0 Å². The fraction of sp³-hybridized carbons (Fsp3) is 0.235. The number of carbonyl (C=O) groups is 1. The summed E-state index contributed by atoms with van der Waals surface area (Å²) in [6, 6.07) is 10.5. The van der Waals surface area contributed by atoms with Gasteiger partial charge in [-0.15, -0.1) is 0 Å². The van der Waals surface area contributed by atoms with Crippen LogP contribution in [-0.2, 0) is 0 Å². The first-order valence-electron chi connectivity index (χ1n) is 6.68. The van der Waals surface area contributed by atoms with Crippen molar-refractivity contribution in [3.05, 3.63) is 70.8 Å². The average Bonchev–Trinajstić information content (AvgIpc) is 2.44. The average molecular weight is 289 g/mol. The molecule has 0 aliphatic carbocycles. The molecule has 110 valence electrons. The third-order valence-corrected chi connectivity index (χ3v) is 3.57. The Morgan fingerprint density at radius 1 is 1.05 bits per heavy atom. The summed E-state index contributed by atoms with van der Waals surface area (Å²) in [4.78, 5) is 13.8. The molecule has 0 fully saturated rings. The summed E-state index contributed by atoms with van der Waals surface area (Å²) < 4.78 is 26.4. The van der Waals surface area contributed by atoms with E-state index in [2.05, 4.69) is 0 Å². The lowest BCUT2D eigenvalue weighted by molar-refractivity contribution is 0.0741. The summed E-state index contributed by atoms with van der Waals surface area (Å²) in [5.74, 6) is -1.93. The molecule has 0 N–H and O–H groups in total. The predicted molar refractivity (Wildman–Crippen MR) is 78.0 cm³/mol. The molecule has 1 amide bonds. The van der Waals surface area contributed by atoms with Crippen molar-refractivity contribution < 1.29 is 13.6 Å². The van der Waals surface area contributed by atoms with Crippen LogP contribution in [0, 0.1) is 18.6 Å². The Morgan fingerprint density at radius 2 is 1.57 bits per heavy atom. The van der Waals surface area contributed by atoms with Gasteiger partial charge in [0.2, 0.25) is 0 Å². The first kappa shape index (κ1) is 15.2. The number of aryl methyl sites for hydroxylation is 1. The van der Waals surface area contributed by atoms with Gasteiger partial charge in [0.1, 0.15) is 11.6 Å². The summed E-state index contributed by atoms with van der Waals surface area (Å²) in [6.07, 6.45) is 0. The Balaban J connectivity index is 2.23. The minimum atomic E-state index is -0.755. The summed E-state index contributed by atoms with van der Waals surface area (Å²) in [5, 5.41) is 0. The van der Waals surface area contributed by atoms with E-state index >= 15 is 0 Å². The second kappa shape index (κ2) is 6.04. The predicted octanol–water partition coefficient (Wildman–Crippen LogP) is 4.11. The molecule has 2 rings (SSSR count). The smallest absolute Gasteiger partial charge is 0.254 e. The molecule has 2 aromatic rings. The van der Waals surface area contributed by atoms with Gasteiger partial charge in [-0.05, 0) is 31.5 Å². The van der Waals surface area contributed by atoms with Crippen LogP contribution in [0.3, 0.4) is 0 Å². The van der Waals surface area contributed by atoms with Gasteiger partial charge in [0.05, 0.1) is 6.04 Å². The quantitative estimate of drug-likeness (QED) is 0.833. The molecule has 0 saturated carbocycles. The highest BCUT2D eigenvalue weighted by Gasteiger charge is 2.20. The van der Waals surface area contributed by atoms with Gasteiger partial charge in [-0.1, -0.05) is 29.8 Å². The van der Waals surface area contributed by atoms with Gasteiger partial charge >= 0.3 is 0 Å². The number of carbonyl (C=O) groups excluding carboxylic acids is 1. The van der Waals surface area contributed by atoms with Crippen molar-refractivity contribution >= 4 is 5.91 Å². The third-order valence-electron chi connectivity index (χ3n) is 3.57. The van der Waals surface area contributed by atoms with E-state index in [0.717, 1.165) is 29.3 Å². The van der Waals surface area contributed by atoms with Gasteiger partial charge in [-0.2, -0.15) is 0 Å². The number of amides is 1. The van der Waals surface area contributed by atoms with Gasteiger partial charge < -0.3 is 4.90 Å². The van der Waals surface area contributed by atoms with Crippen molar-refractivity contribution in [2.24, 2.45) is 0 Å². The molecule has 0 bridgehead atoms. The molecule has 0 aliphatic heterocycles. The Labute approximate surface area is 123 Å². The Morgan fingerprint density at radius 3 is 2.10 bits per heavy atom.